The van der Waals surface area contributed by atoms with Crippen molar-refractivity contribution >= 4 is 40.6 Å². The van der Waals surface area contributed by atoms with Crippen LogP contribution in [0, 0.1) is 10.1 Å². The van der Waals surface area contributed by atoms with Crippen molar-refractivity contribution in [2.24, 2.45) is 5.10 Å². The van der Waals surface area contributed by atoms with E-state index in [0.717, 1.165) is 5.01 Å². The first kappa shape index (κ1) is 19.7. The topological polar surface area (TPSA) is 131 Å². The van der Waals surface area contributed by atoms with E-state index in [0.29, 0.717) is 5.69 Å². The smallest absolute Gasteiger partial charge is 0.355 e. The van der Waals surface area contributed by atoms with Gasteiger partial charge >= 0.3 is 5.97 Å². The zero-order chi connectivity index (χ0) is 20.8. The average molecular weight is 396 g/mol. The third kappa shape index (κ3) is 5.01. The number of ether oxygens (including phenoxy) is 1. The molecule has 0 spiro atoms. The highest BCUT2D eigenvalue weighted by Crippen LogP contribution is 2.20. The number of carbonyl (C=O) groups excluding carboxylic acids is 3. The Balaban J connectivity index is 1.60. The number of hydrogen-bond donors (Lipinski definition) is 1. The van der Waals surface area contributed by atoms with Crippen LogP contribution in [-0.4, -0.2) is 35.0 Å². The maximum Gasteiger partial charge on any atom is 0.355 e. The van der Waals surface area contributed by atoms with Gasteiger partial charge < -0.3 is 10.1 Å². The van der Waals surface area contributed by atoms with Crippen molar-refractivity contribution in [1.29, 1.82) is 0 Å². The number of nitro benzene ring substituents is 1. The summed E-state index contributed by atoms with van der Waals surface area (Å²) in [5.41, 5.74) is 0.570. The summed E-state index contributed by atoms with van der Waals surface area (Å²) in [6.07, 6.45) is 0.191. The van der Waals surface area contributed by atoms with Crippen LogP contribution in [0.5, 0.6) is 0 Å². The predicted octanol–water partition coefficient (Wildman–Crippen LogP) is 2.26. The first-order valence-corrected chi connectivity index (χ1v) is 8.61. The zero-order valence-corrected chi connectivity index (χ0v) is 15.1. The van der Waals surface area contributed by atoms with Crippen LogP contribution in [0.1, 0.15) is 12.8 Å². The lowest BCUT2D eigenvalue weighted by atomic mass is 10.1. The molecular formula is C19H16N4O6. The van der Waals surface area contributed by atoms with E-state index in [4.69, 9.17) is 4.74 Å². The number of nitrogens with zero attached hydrogens (tertiary/aromatic N) is 3. The van der Waals surface area contributed by atoms with Crippen LogP contribution in [0.25, 0.3) is 0 Å². The number of esters is 1. The molecule has 0 radical (unpaired) electrons. The number of rotatable bonds is 6. The summed E-state index contributed by atoms with van der Waals surface area (Å²) >= 11 is 0. The highest BCUT2D eigenvalue weighted by atomic mass is 16.6. The molecule has 0 unspecified atom stereocenters. The fourth-order valence-corrected chi connectivity index (χ4v) is 2.58. The molecule has 0 saturated heterocycles. The lowest BCUT2D eigenvalue weighted by Crippen LogP contribution is -2.35. The van der Waals surface area contributed by atoms with Crippen LogP contribution in [-0.2, 0) is 19.1 Å². The Morgan fingerprint density at radius 3 is 2.62 bits per heavy atom. The number of non-ortho nitro benzene ring substituents is 1. The normalized spacial score (nSPS) is 13.4. The second kappa shape index (κ2) is 8.74. The number of anilines is 2. The summed E-state index contributed by atoms with van der Waals surface area (Å²) in [6, 6.07) is 14.0. The SMILES string of the molecule is O=C(COC(=O)C1=NN(c2ccccc2)C(=O)CC1)Nc1cccc([N+](=O)[O-])c1. The molecule has 10 heteroatoms. The molecule has 29 heavy (non-hydrogen) atoms. The minimum atomic E-state index is -0.812. The van der Waals surface area contributed by atoms with Gasteiger partial charge in [-0.2, -0.15) is 5.10 Å². The van der Waals surface area contributed by atoms with Gasteiger partial charge in [0.25, 0.3) is 11.6 Å². The van der Waals surface area contributed by atoms with E-state index >= 15 is 0 Å². The first-order valence-electron chi connectivity index (χ1n) is 8.61. The van der Waals surface area contributed by atoms with E-state index < -0.39 is 23.4 Å². The number of nitro groups is 1. The van der Waals surface area contributed by atoms with Gasteiger partial charge in [0.1, 0.15) is 5.71 Å². The minimum absolute atomic E-state index is 0.0246. The van der Waals surface area contributed by atoms with Crippen molar-refractivity contribution in [3.63, 3.8) is 0 Å². The second-order valence-electron chi connectivity index (χ2n) is 6.02. The quantitative estimate of drug-likeness (QED) is 0.453. The summed E-state index contributed by atoms with van der Waals surface area (Å²) in [6.45, 7) is -0.597. The van der Waals surface area contributed by atoms with Gasteiger partial charge in [-0.1, -0.05) is 24.3 Å². The molecule has 0 aliphatic carbocycles. The van der Waals surface area contributed by atoms with E-state index in [2.05, 4.69) is 10.4 Å². The van der Waals surface area contributed by atoms with E-state index in [1.807, 2.05) is 0 Å². The van der Waals surface area contributed by atoms with Gasteiger partial charge in [0.15, 0.2) is 6.61 Å². The lowest BCUT2D eigenvalue weighted by Gasteiger charge is -2.22. The second-order valence-corrected chi connectivity index (χ2v) is 6.02. The molecule has 1 aliphatic heterocycles. The molecule has 0 aromatic heterocycles. The van der Waals surface area contributed by atoms with Crippen LogP contribution in [0.15, 0.2) is 59.7 Å². The summed E-state index contributed by atoms with van der Waals surface area (Å²) < 4.78 is 4.96. The van der Waals surface area contributed by atoms with Gasteiger partial charge in [-0.3, -0.25) is 19.7 Å². The van der Waals surface area contributed by atoms with Crippen LogP contribution in [0.2, 0.25) is 0 Å². The minimum Gasteiger partial charge on any atom is -0.451 e. The number of hydrazone groups is 1. The number of amides is 2. The Kier molecular flexibility index (Phi) is 5.93. The molecule has 2 aromatic carbocycles. The Morgan fingerprint density at radius 2 is 1.90 bits per heavy atom. The molecule has 2 amide bonds. The van der Waals surface area contributed by atoms with Crippen molar-refractivity contribution in [1.82, 2.24) is 0 Å². The Hall–Kier alpha value is -4.08. The van der Waals surface area contributed by atoms with Gasteiger partial charge in [0.05, 0.1) is 10.6 Å². The maximum absolute atomic E-state index is 12.2. The molecule has 0 atom stereocenters. The highest BCUT2D eigenvalue weighted by Gasteiger charge is 2.26. The van der Waals surface area contributed by atoms with Crippen molar-refractivity contribution in [2.45, 2.75) is 12.8 Å². The van der Waals surface area contributed by atoms with Crippen LogP contribution in [0.4, 0.5) is 17.1 Å². The monoisotopic (exact) mass is 396 g/mol. The van der Waals surface area contributed by atoms with Gasteiger partial charge in [0.2, 0.25) is 5.91 Å². The van der Waals surface area contributed by atoms with Crippen LogP contribution >= 0.6 is 0 Å². The predicted molar refractivity (Wildman–Crippen MR) is 103 cm³/mol. The van der Waals surface area contributed by atoms with Gasteiger partial charge in [-0.25, -0.2) is 9.80 Å². The third-order valence-corrected chi connectivity index (χ3v) is 3.94. The molecule has 0 saturated carbocycles. The van der Waals surface area contributed by atoms with E-state index in [1.54, 1.807) is 30.3 Å². The van der Waals surface area contributed by atoms with Crippen LogP contribution < -0.4 is 10.3 Å². The number of nitrogens with one attached hydrogen (secondary N) is 1. The highest BCUT2D eigenvalue weighted by molar-refractivity contribution is 6.38. The van der Waals surface area contributed by atoms with E-state index in [9.17, 15) is 24.5 Å². The summed E-state index contributed by atoms with van der Waals surface area (Å²) in [4.78, 5) is 46.4. The summed E-state index contributed by atoms with van der Waals surface area (Å²) in [7, 11) is 0. The molecule has 1 N–H and O–H groups in total. The number of benzene rings is 2. The van der Waals surface area contributed by atoms with Gasteiger partial charge in [-0.05, 0) is 18.2 Å². The molecule has 0 fully saturated rings. The largest absolute Gasteiger partial charge is 0.451 e. The fraction of sp³-hybridized carbons (Fsp3) is 0.158. The fourth-order valence-electron chi connectivity index (χ4n) is 2.58. The maximum atomic E-state index is 12.2. The Bertz CT molecular complexity index is 989. The zero-order valence-electron chi connectivity index (χ0n) is 15.1. The number of hydrogen-bond acceptors (Lipinski definition) is 7. The third-order valence-electron chi connectivity index (χ3n) is 3.94. The van der Waals surface area contributed by atoms with Crippen molar-refractivity contribution < 1.29 is 24.0 Å². The Labute approximate surface area is 164 Å². The summed E-state index contributed by atoms with van der Waals surface area (Å²) in [5, 5.41) is 18.3. The molecule has 148 valence electrons. The van der Waals surface area contributed by atoms with E-state index in [-0.39, 0.29) is 35.8 Å². The Morgan fingerprint density at radius 1 is 1.14 bits per heavy atom. The van der Waals surface area contributed by atoms with Crippen molar-refractivity contribution in [3.05, 3.63) is 64.7 Å². The van der Waals surface area contributed by atoms with Gasteiger partial charge in [-0.15, -0.1) is 0 Å². The molecule has 3 rings (SSSR count). The first-order chi connectivity index (χ1) is 13.9. The van der Waals surface area contributed by atoms with E-state index in [1.165, 1.54) is 24.3 Å². The average Bonchev–Trinajstić information content (AvgIpc) is 2.73. The van der Waals surface area contributed by atoms with Crippen LogP contribution in [0.3, 0.4) is 0 Å². The molecular weight excluding hydrogens is 380 g/mol. The molecule has 10 nitrogen and oxygen atoms in total. The standard InChI is InChI=1S/C19H16N4O6/c24-17(20-13-5-4-8-15(11-13)23(27)28)12-29-19(26)16-9-10-18(25)22(21-16)14-6-2-1-3-7-14/h1-8,11H,9-10,12H2,(H,20,24). The van der Waals surface area contributed by atoms with Crippen molar-refractivity contribution in [3.8, 4) is 0 Å². The number of carbonyl (C=O) groups is 3. The lowest BCUT2D eigenvalue weighted by molar-refractivity contribution is -0.384. The number of para-hydroxylation sites is 1. The molecule has 0 bridgehead atoms. The summed E-state index contributed by atoms with van der Waals surface area (Å²) in [5.74, 6) is -1.73. The van der Waals surface area contributed by atoms with Gasteiger partial charge in [0, 0.05) is 30.7 Å². The molecule has 1 heterocycles. The molecule has 2 aromatic rings. The van der Waals surface area contributed by atoms with Crippen molar-refractivity contribution in [2.75, 3.05) is 16.9 Å². The molecule has 1 aliphatic rings.